The minimum atomic E-state index is -0.516. The van der Waals surface area contributed by atoms with Gasteiger partial charge in [0.1, 0.15) is 5.00 Å². The number of esters is 1. The van der Waals surface area contributed by atoms with Gasteiger partial charge >= 0.3 is 5.97 Å². The summed E-state index contributed by atoms with van der Waals surface area (Å²) in [4.78, 5) is 37.0. The van der Waals surface area contributed by atoms with Crippen molar-refractivity contribution in [1.82, 2.24) is 5.32 Å². The van der Waals surface area contributed by atoms with Crippen LogP contribution < -0.4 is 10.6 Å². The number of amides is 2. The average Bonchev–Trinajstić information content (AvgIpc) is 3.20. The summed E-state index contributed by atoms with van der Waals surface area (Å²) in [6.45, 7) is 3.65. The zero-order chi connectivity index (χ0) is 18.4. The lowest BCUT2D eigenvalue weighted by molar-refractivity contribution is -0.116. The third kappa shape index (κ3) is 4.81. The normalized spacial score (nSPS) is 14.4. The molecule has 0 radical (unpaired) electrons. The van der Waals surface area contributed by atoms with Crippen LogP contribution in [0.25, 0.3) is 0 Å². The maximum Gasteiger partial charge on any atom is 0.341 e. The van der Waals surface area contributed by atoms with E-state index in [-0.39, 0.29) is 24.0 Å². The van der Waals surface area contributed by atoms with E-state index in [0.29, 0.717) is 27.8 Å². The van der Waals surface area contributed by atoms with E-state index in [1.54, 1.807) is 13.8 Å². The number of carbonyl (C=O) groups is 3. The molecule has 6 nitrogen and oxygen atoms in total. The molecule has 138 valence electrons. The Morgan fingerprint density at radius 2 is 1.92 bits per heavy atom. The third-order valence-corrected chi connectivity index (χ3v) is 5.77. The third-order valence-electron chi connectivity index (χ3n) is 4.57. The lowest BCUT2D eigenvalue weighted by atomic mass is 10.0. The maximum absolute atomic E-state index is 12.3. The molecule has 7 heteroatoms. The van der Waals surface area contributed by atoms with Gasteiger partial charge in [-0.05, 0) is 31.7 Å². The molecule has 1 heterocycles. The maximum atomic E-state index is 12.3. The Balaban J connectivity index is 2.14. The van der Waals surface area contributed by atoms with Crippen molar-refractivity contribution in [3.63, 3.8) is 0 Å². The van der Waals surface area contributed by atoms with E-state index < -0.39 is 5.97 Å². The second-order valence-electron chi connectivity index (χ2n) is 6.30. The summed E-state index contributed by atoms with van der Waals surface area (Å²) in [6.07, 6.45) is 6.19. The fourth-order valence-corrected chi connectivity index (χ4v) is 4.36. The molecule has 1 fully saturated rings. The molecule has 0 atom stereocenters. The van der Waals surface area contributed by atoms with Crippen LogP contribution in [0.4, 0.5) is 5.00 Å². The van der Waals surface area contributed by atoms with Gasteiger partial charge in [-0.25, -0.2) is 4.79 Å². The quantitative estimate of drug-likeness (QED) is 0.723. The number of hydrogen-bond acceptors (Lipinski definition) is 5. The lowest BCUT2D eigenvalue weighted by Gasteiger charge is -2.09. The van der Waals surface area contributed by atoms with Gasteiger partial charge in [-0.15, -0.1) is 11.3 Å². The zero-order valence-corrected chi connectivity index (χ0v) is 15.9. The van der Waals surface area contributed by atoms with Crippen LogP contribution in [0.2, 0.25) is 0 Å². The van der Waals surface area contributed by atoms with Gasteiger partial charge in [-0.3, -0.25) is 9.59 Å². The van der Waals surface area contributed by atoms with Crippen molar-refractivity contribution >= 4 is 34.1 Å². The molecule has 0 bridgehead atoms. The van der Waals surface area contributed by atoms with Gasteiger partial charge in [-0.1, -0.05) is 25.7 Å². The molecule has 2 amide bonds. The standard InChI is InChI=1S/C18H26N2O4S/c1-4-24-18(23)14-11(2)15(16(22)19-3)25-17(14)20-13(21)10-9-12-7-5-6-8-12/h12H,4-10H2,1-3H3,(H,19,22)(H,20,21). The number of anilines is 1. The van der Waals surface area contributed by atoms with E-state index in [0.717, 1.165) is 17.8 Å². The number of ether oxygens (including phenoxy) is 1. The molecule has 0 aliphatic heterocycles. The van der Waals surface area contributed by atoms with Crippen molar-refractivity contribution in [2.75, 3.05) is 19.0 Å². The highest BCUT2D eigenvalue weighted by molar-refractivity contribution is 7.18. The SMILES string of the molecule is CCOC(=O)c1c(NC(=O)CCC2CCCC2)sc(C(=O)NC)c1C. The molecule has 1 aromatic rings. The molecule has 0 unspecified atom stereocenters. The summed E-state index contributed by atoms with van der Waals surface area (Å²) >= 11 is 1.11. The van der Waals surface area contributed by atoms with E-state index in [4.69, 9.17) is 4.74 Å². The average molecular weight is 366 g/mol. The number of nitrogens with one attached hydrogen (secondary N) is 2. The minimum absolute atomic E-state index is 0.123. The Bertz CT molecular complexity index is 648. The van der Waals surface area contributed by atoms with Crippen LogP contribution in [0.3, 0.4) is 0 Å². The Morgan fingerprint density at radius 3 is 2.52 bits per heavy atom. The molecule has 1 aliphatic rings. The Labute approximate surface area is 152 Å². The second-order valence-corrected chi connectivity index (χ2v) is 7.32. The van der Waals surface area contributed by atoms with Gasteiger partial charge in [0.05, 0.1) is 17.0 Å². The van der Waals surface area contributed by atoms with Crippen LogP contribution in [0, 0.1) is 12.8 Å². The van der Waals surface area contributed by atoms with Crippen LogP contribution in [-0.2, 0) is 9.53 Å². The first kappa shape index (κ1) is 19.4. The van der Waals surface area contributed by atoms with Crippen molar-refractivity contribution < 1.29 is 19.1 Å². The van der Waals surface area contributed by atoms with Crippen molar-refractivity contribution in [1.29, 1.82) is 0 Å². The minimum Gasteiger partial charge on any atom is -0.462 e. The van der Waals surface area contributed by atoms with Crippen LogP contribution in [-0.4, -0.2) is 31.4 Å². The van der Waals surface area contributed by atoms with Crippen LogP contribution in [0.5, 0.6) is 0 Å². The fourth-order valence-electron chi connectivity index (χ4n) is 3.20. The summed E-state index contributed by atoms with van der Waals surface area (Å²) < 4.78 is 5.08. The van der Waals surface area contributed by atoms with E-state index in [9.17, 15) is 14.4 Å². The number of rotatable bonds is 7. The highest BCUT2D eigenvalue weighted by Crippen LogP contribution is 2.34. The van der Waals surface area contributed by atoms with Crippen molar-refractivity contribution in [2.24, 2.45) is 5.92 Å². The largest absolute Gasteiger partial charge is 0.462 e. The molecule has 1 aliphatic carbocycles. The fraction of sp³-hybridized carbons (Fsp3) is 0.611. The van der Waals surface area contributed by atoms with E-state index in [1.165, 1.54) is 32.7 Å². The molecular weight excluding hydrogens is 340 g/mol. The Hall–Kier alpha value is -1.89. The molecule has 0 spiro atoms. The molecule has 1 saturated carbocycles. The molecule has 0 saturated heterocycles. The zero-order valence-electron chi connectivity index (χ0n) is 15.1. The van der Waals surface area contributed by atoms with Gasteiger partial charge in [0, 0.05) is 13.5 Å². The van der Waals surface area contributed by atoms with Crippen molar-refractivity contribution in [3.8, 4) is 0 Å². The highest BCUT2D eigenvalue weighted by Gasteiger charge is 2.26. The molecule has 1 aromatic heterocycles. The molecule has 0 aromatic carbocycles. The number of hydrogen-bond donors (Lipinski definition) is 2. The van der Waals surface area contributed by atoms with Crippen molar-refractivity contribution in [3.05, 3.63) is 16.0 Å². The summed E-state index contributed by atoms with van der Waals surface area (Å²) in [5.74, 6) is -0.291. The molecule has 2 N–H and O–H groups in total. The van der Waals surface area contributed by atoms with Gasteiger partial charge in [0.15, 0.2) is 0 Å². The summed E-state index contributed by atoms with van der Waals surface area (Å²) in [5, 5.41) is 5.76. The van der Waals surface area contributed by atoms with Gasteiger partial charge in [-0.2, -0.15) is 0 Å². The first-order chi connectivity index (χ1) is 12.0. The summed E-state index contributed by atoms with van der Waals surface area (Å²) in [5.41, 5.74) is 0.813. The number of carbonyl (C=O) groups excluding carboxylic acids is 3. The number of thiophene rings is 1. The lowest BCUT2D eigenvalue weighted by Crippen LogP contribution is -2.18. The predicted octanol–water partition coefficient (Wildman–Crippen LogP) is 3.50. The Kier molecular flexibility index (Phi) is 6.99. The first-order valence-corrected chi connectivity index (χ1v) is 9.62. The van der Waals surface area contributed by atoms with Crippen molar-refractivity contribution in [2.45, 2.75) is 52.4 Å². The molecular formula is C18H26N2O4S. The van der Waals surface area contributed by atoms with Crippen LogP contribution in [0.1, 0.15) is 71.0 Å². The second kappa shape index (κ2) is 8.99. The van der Waals surface area contributed by atoms with Gasteiger partial charge < -0.3 is 15.4 Å². The predicted molar refractivity (Wildman–Crippen MR) is 98.2 cm³/mol. The van der Waals surface area contributed by atoms with E-state index in [1.807, 2.05) is 0 Å². The topological polar surface area (TPSA) is 84.5 Å². The van der Waals surface area contributed by atoms with E-state index >= 15 is 0 Å². The highest BCUT2D eigenvalue weighted by atomic mass is 32.1. The first-order valence-electron chi connectivity index (χ1n) is 8.80. The van der Waals surface area contributed by atoms with Gasteiger partial charge in [0.25, 0.3) is 5.91 Å². The Morgan fingerprint density at radius 1 is 1.24 bits per heavy atom. The monoisotopic (exact) mass is 366 g/mol. The smallest absolute Gasteiger partial charge is 0.341 e. The molecule has 2 rings (SSSR count). The molecule has 25 heavy (non-hydrogen) atoms. The van der Waals surface area contributed by atoms with E-state index in [2.05, 4.69) is 10.6 Å². The summed E-state index contributed by atoms with van der Waals surface area (Å²) in [6, 6.07) is 0. The van der Waals surface area contributed by atoms with Crippen LogP contribution >= 0.6 is 11.3 Å². The van der Waals surface area contributed by atoms with Gasteiger partial charge in [0.2, 0.25) is 5.91 Å². The summed E-state index contributed by atoms with van der Waals surface area (Å²) in [7, 11) is 1.53. The van der Waals surface area contributed by atoms with Crippen LogP contribution in [0.15, 0.2) is 0 Å².